The number of nitrogens with one attached hydrogen (secondary N) is 1. The Bertz CT molecular complexity index is 647. The van der Waals surface area contributed by atoms with Crippen molar-refractivity contribution in [2.45, 2.75) is 32.4 Å². The third-order valence-electron chi connectivity index (χ3n) is 4.79. The van der Waals surface area contributed by atoms with E-state index in [0.29, 0.717) is 17.6 Å². The number of hydrogen-bond donors (Lipinski definition) is 1. The van der Waals surface area contributed by atoms with Crippen molar-refractivity contribution in [1.82, 2.24) is 15.1 Å². The number of guanidine groups is 1. The molecule has 0 aromatic heterocycles. The first-order valence-corrected chi connectivity index (χ1v) is 9.88. The molecule has 3 rings (SSSR count). The number of rotatable bonds is 6. The average molecular weight is 505 g/mol. The third-order valence-corrected chi connectivity index (χ3v) is 5.03. The molecule has 1 aromatic rings. The highest BCUT2D eigenvalue weighted by atomic mass is 127. The Hall–Kier alpha value is -0.990. The smallest absolute Gasteiger partial charge is 0.194 e. The molecule has 2 unspecified atom stereocenters. The third kappa shape index (κ3) is 6.54. The number of likely N-dealkylation sites (tertiary alicyclic amines) is 1. The van der Waals surface area contributed by atoms with Gasteiger partial charge < -0.3 is 15.0 Å². The zero-order valence-corrected chi connectivity index (χ0v) is 19.2. The van der Waals surface area contributed by atoms with Crippen molar-refractivity contribution in [3.05, 3.63) is 41.4 Å². The van der Waals surface area contributed by atoms with E-state index in [0.717, 1.165) is 44.4 Å². The summed E-state index contributed by atoms with van der Waals surface area (Å²) in [5, 5.41) is 4.12. The highest BCUT2D eigenvalue weighted by Crippen LogP contribution is 2.19. The normalized spacial score (nSPS) is 21.2. The van der Waals surface area contributed by atoms with E-state index in [-0.39, 0.29) is 30.1 Å². The van der Waals surface area contributed by atoms with Gasteiger partial charge in [-0.25, -0.2) is 4.99 Å². The fourth-order valence-electron chi connectivity index (χ4n) is 3.48. The Balaban J connectivity index is 0.00000261. The fourth-order valence-corrected chi connectivity index (χ4v) is 3.66. The number of aliphatic imine (C=N–C) groups is 1. The van der Waals surface area contributed by atoms with E-state index in [4.69, 9.17) is 21.3 Å². The summed E-state index contributed by atoms with van der Waals surface area (Å²) in [6.07, 6.45) is 5.71. The molecule has 2 heterocycles. The molecule has 7 heteroatoms. The summed E-state index contributed by atoms with van der Waals surface area (Å²) in [7, 11) is 0. The van der Waals surface area contributed by atoms with Crippen molar-refractivity contribution < 1.29 is 4.74 Å². The molecule has 2 aliphatic rings. The van der Waals surface area contributed by atoms with E-state index in [1.54, 1.807) is 0 Å². The van der Waals surface area contributed by atoms with Crippen LogP contribution in [0.25, 0.3) is 0 Å². The second-order valence-electron chi connectivity index (χ2n) is 6.89. The van der Waals surface area contributed by atoms with Crippen LogP contribution in [0.5, 0.6) is 5.75 Å². The molecular formula is C20H30ClIN4O. The Morgan fingerprint density at radius 1 is 1.37 bits per heavy atom. The number of benzene rings is 1. The number of nitrogens with zero attached hydrogens (tertiary/aromatic N) is 3. The van der Waals surface area contributed by atoms with Gasteiger partial charge in [0.15, 0.2) is 5.96 Å². The van der Waals surface area contributed by atoms with Crippen LogP contribution in [0.3, 0.4) is 0 Å². The van der Waals surface area contributed by atoms with Gasteiger partial charge in [0.25, 0.3) is 0 Å². The Labute approximate surface area is 184 Å². The van der Waals surface area contributed by atoms with Crippen molar-refractivity contribution in [2.24, 2.45) is 4.99 Å². The molecule has 0 spiro atoms. The van der Waals surface area contributed by atoms with Crippen molar-refractivity contribution in [2.75, 3.05) is 39.3 Å². The maximum absolute atomic E-state index is 6.02. The lowest BCUT2D eigenvalue weighted by atomic mass is 10.2. The minimum absolute atomic E-state index is 0. The minimum atomic E-state index is -0.0108. The molecule has 0 saturated carbocycles. The first-order chi connectivity index (χ1) is 12.7. The minimum Gasteiger partial charge on any atom is -0.489 e. The lowest BCUT2D eigenvalue weighted by Gasteiger charge is -2.25. The van der Waals surface area contributed by atoms with E-state index >= 15 is 0 Å². The van der Waals surface area contributed by atoms with Gasteiger partial charge in [-0.3, -0.25) is 4.90 Å². The molecule has 0 bridgehead atoms. The standard InChI is InChI=1S/C20H29ClN4O.HI/c1-3-22-20(25-12-9-18(15-25)24-10-4-5-11-24)23-14-16(2)26-19-8-6-7-17(21)13-19;/h4-8,13,16,18H,3,9-12,14-15H2,1-2H3,(H,22,23);1H. The molecule has 0 amide bonds. The van der Waals surface area contributed by atoms with Crippen molar-refractivity contribution in [3.8, 4) is 5.75 Å². The fraction of sp³-hybridized carbons (Fsp3) is 0.550. The largest absolute Gasteiger partial charge is 0.489 e. The topological polar surface area (TPSA) is 40.1 Å². The van der Waals surface area contributed by atoms with Crippen LogP contribution >= 0.6 is 35.6 Å². The van der Waals surface area contributed by atoms with E-state index in [1.807, 2.05) is 31.2 Å². The average Bonchev–Trinajstić information content (AvgIpc) is 3.29. The molecule has 1 aromatic carbocycles. The highest BCUT2D eigenvalue weighted by molar-refractivity contribution is 14.0. The van der Waals surface area contributed by atoms with E-state index < -0.39 is 0 Å². The summed E-state index contributed by atoms with van der Waals surface area (Å²) in [6, 6.07) is 8.12. The molecule has 1 N–H and O–H groups in total. The predicted molar refractivity (Wildman–Crippen MR) is 124 cm³/mol. The monoisotopic (exact) mass is 504 g/mol. The molecule has 2 aliphatic heterocycles. The van der Waals surface area contributed by atoms with Crippen molar-refractivity contribution in [1.29, 1.82) is 0 Å². The van der Waals surface area contributed by atoms with E-state index in [1.165, 1.54) is 6.42 Å². The summed E-state index contributed by atoms with van der Waals surface area (Å²) in [5.41, 5.74) is 0. The van der Waals surface area contributed by atoms with Crippen LogP contribution < -0.4 is 10.1 Å². The van der Waals surface area contributed by atoms with Gasteiger partial charge in [-0.2, -0.15) is 0 Å². The summed E-state index contributed by atoms with van der Waals surface area (Å²) < 4.78 is 5.93. The van der Waals surface area contributed by atoms with E-state index in [2.05, 4.69) is 34.2 Å². The number of halogens is 2. The maximum atomic E-state index is 6.02. The number of ether oxygens (including phenoxy) is 1. The van der Waals surface area contributed by atoms with Gasteiger partial charge >= 0.3 is 0 Å². The molecular weight excluding hydrogens is 475 g/mol. The van der Waals surface area contributed by atoms with Gasteiger partial charge in [0.1, 0.15) is 11.9 Å². The second-order valence-corrected chi connectivity index (χ2v) is 7.33. The zero-order valence-electron chi connectivity index (χ0n) is 16.1. The van der Waals surface area contributed by atoms with Crippen LogP contribution in [0.2, 0.25) is 5.02 Å². The Kier molecular flexibility index (Phi) is 9.18. The summed E-state index contributed by atoms with van der Waals surface area (Å²) in [6.45, 7) is 9.88. The van der Waals surface area contributed by atoms with Crippen LogP contribution in [0.4, 0.5) is 0 Å². The quantitative estimate of drug-likeness (QED) is 0.278. The lowest BCUT2D eigenvalue weighted by Crippen LogP contribution is -2.43. The molecule has 150 valence electrons. The van der Waals surface area contributed by atoms with E-state index in [9.17, 15) is 0 Å². The van der Waals surface area contributed by atoms with Gasteiger partial charge in [0, 0.05) is 43.8 Å². The summed E-state index contributed by atoms with van der Waals surface area (Å²) in [5.74, 6) is 1.77. The van der Waals surface area contributed by atoms with Crippen LogP contribution in [-0.2, 0) is 0 Å². The van der Waals surface area contributed by atoms with Crippen LogP contribution in [0, 0.1) is 0 Å². The van der Waals surface area contributed by atoms with Gasteiger partial charge in [0.2, 0.25) is 0 Å². The highest BCUT2D eigenvalue weighted by Gasteiger charge is 2.29. The molecule has 0 radical (unpaired) electrons. The van der Waals surface area contributed by atoms with Crippen LogP contribution in [0.1, 0.15) is 20.3 Å². The van der Waals surface area contributed by atoms with Gasteiger partial charge in [-0.15, -0.1) is 24.0 Å². The van der Waals surface area contributed by atoms with Crippen molar-refractivity contribution in [3.63, 3.8) is 0 Å². The number of hydrogen-bond acceptors (Lipinski definition) is 3. The molecule has 1 fully saturated rings. The lowest BCUT2D eigenvalue weighted by molar-refractivity contribution is 0.229. The SMILES string of the molecule is CCNC(=NCC(C)Oc1cccc(Cl)c1)N1CCC(N2CC=CC2)C1.I. The molecule has 27 heavy (non-hydrogen) atoms. The van der Waals surface area contributed by atoms with Gasteiger partial charge in [-0.1, -0.05) is 29.8 Å². The first-order valence-electron chi connectivity index (χ1n) is 9.50. The van der Waals surface area contributed by atoms with Gasteiger partial charge in [0.05, 0.1) is 6.54 Å². The van der Waals surface area contributed by atoms with Crippen molar-refractivity contribution >= 4 is 41.5 Å². The predicted octanol–water partition coefficient (Wildman–Crippen LogP) is 3.64. The molecule has 2 atom stereocenters. The van der Waals surface area contributed by atoms with Crippen LogP contribution in [0.15, 0.2) is 41.4 Å². The molecule has 5 nitrogen and oxygen atoms in total. The summed E-state index contributed by atoms with van der Waals surface area (Å²) >= 11 is 6.02. The van der Waals surface area contributed by atoms with Gasteiger partial charge in [-0.05, 0) is 38.5 Å². The maximum Gasteiger partial charge on any atom is 0.194 e. The van der Waals surface area contributed by atoms with Crippen LogP contribution in [-0.4, -0.2) is 67.2 Å². The first kappa shape index (κ1) is 22.3. The molecule has 0 aliphatic carbocycles. The zero-order chi connectivity index (χ0) is 18.4. The Morgan fingerprint density at radius 3 is 2.85 bits per heavy atom. The second kappa shape index (κ2) is 11.1. The summed E-state index contributed by atoms with van der Waals surface area (Å²) in [4.78, 5) is 9.72. The molecule has 1 saturated heterocycles. The Morgan fingerprint density at radius 2 is 2.15 bits per heavy atom.